The molecule has 24 heavy (non-hydrogen) atoms. The highest BCUT2D eigenvalue weighted by Crippen LogP contribution is 2.27. The molecule has 0 fully saturated rings. The van der Waals surface area contributed by atoms with Gasteiger partial charge in [-0.05, 0) is 32.0 Å². The summed E-state index contributed by atoms with van der Waals surface area (Å²) in [4.78, 5) is 12.9. The molecule has 3 aromatic rings. The maximum Gasteiger partial charge on any atom is 0.295 e. The molecule has 3 rings (SSSR count). The second-order valence-electron chi connectivity index (χ2n) is 5.86. The van der Waals surface area contributed by atoms with Crippen LogP contribution in [0.15, 0.2) is 59.4 Å². The highest BCUT2D eigenvalue weighted by atomic mass is 16.3. The van der Waals surface area contributed by atoms with Crippen molar-refractivity contribution in [3.05, 3.63) is 76.2 Å². The van der Waals surface area contributed by atoms with Gasteiger partial charge in [-0.2, -0.15) is 0 Å². The van der Waals surface area contributed by atoms with Crippen molar-refractivity contribution in [3.8, 4) is 11.4 Å². The van der Waals surface area contributed by atoms with Crippen LogP contribution in [-0.4, -0.2) is 14.5 Å². The van der Waals surface area contributed by atoms with E-state index in [9.17, 15) is 9.90 Å². The van der Waals surface area contributed by atoms with Crippen molar-refractivity contribution in [3.63, 3.8) is 0 Å². The first kappa shape index (κ1) is 15.9. The molecule has 0 bridgehead atoms. The van der Waals surface area contributed by atoms with Gasteiger partial charge in [0.25, 0.3) is 5.56 Å². The Balaban J connectivity index is 2.01. The number of rotatable bonds is 4. The Bertz CT molecular complexity index is 910. The Morgan fingerprint density at radius 2 is 1.67 bits per heavy atom. The molecular weight excluding hydrogens is 302 g/mol. The highest BCUT2D eigenvalue weighted by Gasteiger charge is 2.19. The third-order valence-corrected chi connectivity index (χ3v) is 4.32. The van der Waals surface area contributed by atoms with Gasteiger partial charge in [0.15, 0.2) is 0 Å². The fourth-order valence-electron chi connectivity index (χ4n) is 2.88. The van der Waals surface area contributed by atoms with Gasteiger partial charge >= 0.3 is 0 Å². The van der Waals surface area contributed by atoms with Gasteiger partial charge < -0.3 is 10.4 Å². The molecule has 0 aliphatic rings. The first-order valence-corrected chi connectivity index (χ1v) is 7.89. The van der Waals surface area contributed by atoms with Gasteiger partial charge in [-0.25, -0.2) is 4.68 Å². The summed E-state index contributed by atoms with van der Waals surface area (Å²) < 4.78 is 3.47. The summed E-state index contributed by atoms with van der Waals surface area (Å²) in [5, 5.41) is 13.3. The van der Waals surface area contributed by atoms with Crippen LogP contribution in [0.2, 0.25) is 0 Å². The van der Waals surface area contributed by atoms with Crippen molar-refractivity contribution in [2.75, 3.05) is 5.32 Å². The van der Waals surface area contributed by atoms with Gasteiger partial charge in [0.2, 0.25) is 0 Å². The molecule has 2 N–H and O–H groups in total. The van der Waals surface area contributed by atoms with Crippen LogP contribution in [-0.2, 0) is 7.05 Å². The maximum absolute atomic E-state index is 12.9. The first-order chi connectivity index (χ1) is 11.5. The van der Waals surface area contributed by atoms with E-state index in [4.69, 9.17) is 0 Å². The van der Waals surface area contributed by atoms with Crippen molar-refractivity contribution in [2.45, 2.75) is 19.9 Å². The molecule has 0 aliphatic heterocycles. The zero-order valence-corrected chi connectivity index (χ0v) is 14.0. The standard InChI is InChI=1S/C19H21N3O2/c1-13(16-11-7-8-12-17(16)23)20-18-14(2)21(3)22(19(18)24)15-9-5-4-6-10-15/h4-13,20,23H,1-3H3/t13-/m0/s1. The first-order valence-electron chi connectivity index (χ1n) is 7.89. The number of para-hydroxylation sites is 2. The molecule has 0 spiro atoms. The van der Waals surface area contributed by atoms with Crippen LogP contribution < -0.4 is 10.9 Å². The summed E-state index contributed by atoms with van der Waals surface area (Å²) in [7, 11) is 1.86. The van der Waals surface area contributed by atoms with E-state index in [0.717, 1.165) is 16.9 Å². The summed E-state index contributed by atoms with van der Waals surface area (Å²) in [6, 6.07) is 16.5. The maximum atomic E-state index is 12.9. The van der Waals surface area contributed by atoms with E-state index in [1.807, 2.05) is 68.0 Å². The topological polar surface area (TPSA) is 59.2 Å². The molecule has 0 amide bonds. The zero-order chi connectivity index (χ0) is 17.3. The molecule has 0 unspecified atom stereocenters. The van der Waals surface area contributed by atoms with Crippen molar-refractivity contribution in [2.24, 2.45) is 7.05 Å². The Morgan fingerprint density at radius 1 is 1.04 bits per heavy atom. The number of hydrogen-bond acceptors (Lipinski definition) is 3. The fourth-order valence-corrected chi connectivity index (χ4v) is 2.88. The normalized spacial score (nSPS) is 12.1. The molecule has 0 radical (unpaired) electrons. The van der Waals surface area contributed by atoms with Crippen LogP contribution in [0.25, 0.3) is 5.69 Å². The van der Waals surface area contributed by atoms with Gasteiger partial charge in [0.05, 0.1) is 17.4 Å². The third-order valence-electron chi connectivity index (χ3n) is 4.32. The lowest BCUT2D eigenvalue weighted by atomic mass is 10.1. The van der Waals surface area contributed by atoms with E-state index >= 15 is 0 Å². The lowest BCUT2D eigenvalue weighted by Crippen LogP contribution is -2.21. The van der Waals surface area contributed by atoms with Crippen molar-refractivity contribution in [1.29, 1.82) is 0 Å². The summed E-state index contributed by atoms with van der Waals surface area (Å²) in [5.41, 5.74) is 2.84. The van der Waals surface area contributed by atoms with Gasteiger partial charge in [0, 0.05) is 12.6 Å². The Morgan fingerprint density at radius 3 is 2.33 bits per heavy atom. The minimum Gasteiger partial charge on any atom is -0.508 e. The molecule has 5 heteroatoms. The molecule has 0 saturated heterocycles. The van der Waals surface area contributed by atoms with E-state index in [-0.39, 0.29) is 17.4 Å². The van der Waals surface area contributed by atoms with Gasteiger partial charge in [-0.3, -0.25) is 9.48 Å². The number of phenols is 1. The number of nitrogens with zero attached hydrogens (tertiary/aromatic N) is 2. The summed E-state index contributed by atoms with van der Waals surface area (Å²) in [6.07, 6.45) is 0. The van der Waals surface area contributed by atoms with Gasteiger partial charge in [-0.15, -0.1) is 0 Å². The molecule has 1 aromatic heterocycles. The van der Waals surface area contributed by atoms with Crippen molar-refractivity contribution >= 4 is 5.69 Å². The predicted octanol–water partition coefficient (Wildman–Crippen LogP) is 3.36. The van der Waals surface area contributed by atoms with Crippen molar-refractivity contribution in [1.82, 2.24) is 9.36 Å². The molecular formula is C19H21N3O2. The Labute approximate surface area is 140 Å². The van der Waals surface area contributed by atoms with Crippen LogP contribution in [0, 0.1) is 6.92 Å². The third kappa shape index (κ3) is 2.69. The van der Waals surface area contributed by atoms with Crippen LogP contribution >= 0.6 is 0 Å². The molecule has 2 aromatic carbocycles. The largest absolute Gasteiger partial charge is 0.508 e. The van der Waals surface area contributed by atoms with E-state index < -0.39 is 0 Å². The van der Waals surface area contributed by atoms with Crippen molar-refractivity contribution < 1.29 is 5.11 Å². The number of anilines is 1. The van der Waals surface area contributed by atoms with E-state index in [0.29, 0.717) is 5.69 Å². The number of nitrogens with one attached hydrogen (secondary N) is 1. The average molecular weight is 323 g/mol. The highest BCUT2D eigenvalue weighted by molar-refractivity contribution is 5.51. The Hall–Kier alpha value is -2.95. The van der Waals surface area contributed by atoms with E-state index in [2.05, 4.69) is 5.32 Å². The van der Waals surface area contributed by atoms with Crippen LogP contribution in [0.1, 0.15) is 24.2 Å². The van der Waals surface area contributed by atoms with Crippen LogP contribution in [0.4, 0.5) is 5.69 Å². The number of aromatic nitrogens is 2. The SMILES string of the molecule is Cc1c(N[C@@H](C)c2ccccc2O)c(=O)n(-c2ccccc2)n1C. The van der Waals surface area contributed by atoms with Crippen LogP contribution in [0.5, 0.6) is 5.75 Å². The smallest absolute Gasteiger partial charge is 0.295 e. The minimum atomic E-state index is -0.191. The second-order valence-corrected chi connectivity index (χ2v) is 5.86. The summed E-state index contributed by atoms with van der Waals surface area (Å²) in [5.74, 6) is 0.217. The molecule has 124 valence electrons. The number of benzene rings is 2. The fraction of sp³-hybridized carbons (Fsp3) is 0.211. The van der Waals surface area contributed by atoms with E-state index in [1.54, 1.807) is 16.8 Å². The van der Waals surface area contributed by atoms with Crippen LogP contribution in [0.3, 0.4) is 0 Å². The monoisotopic (exact) mass is 323 g/mol. The molecule has 1 heterocycles. The minimum absolute atomic E-state index is 0.108. The van der Waals surface area contributed by atoms with Gasteiger partial charge in [0.1, 0.15) is 11.4 Å². The number of phenolic OH excluding ortho intramolecular Hbond substituents is 1. The summed E-state index contributed by atoms with van der Waals surface area (Å²) >= 11 is 0. The zero-order valence-electron chi connectivity index (χ0n) is 14.0. The second kappa shape index (κ2) is 6.28. The predicted molar refractivity (Wildman–Crippen MR) is 95.9 cm³/mol. The average Bonchev–Trinajstić information content (AvgIpc) is 2.79. The lowest BCUT2D eigenvalue weighted by Gasteiger charge is -2.15. The lowest BCUT2D eigenvalue weighted by molar-refractivity contribution is 0.465. The Kier molecular flexibility index (Phi) is 4.16. The quantitative estimate of drug-likeness (QED) is 0.774. The molecule has 1 atom stereocenters. The molecule has 0 aliphatic carbocycles. The molecule has 5 nitrogen and oxygen atoms in total. The van der Waals surface area contributed by atoms with Gasteiger partial charge in [-0.1, -0.05) is 36.4 Å². The summed E-state index contributed by atoms with van der Waals surface area (Å²) in [6.45, 7) is 3.83. The number of hydrogen-bond donors (Lipinski definition) is 2. The number of aromatic hydroxyl groups is 1. The van der Waals surface area contributed by atoms with E-state index in [1.165, 1.54) is 0 Å². The molecule has 0 saturated carbocycles.